The van der Waals surface area contributed by atoms with Crippen LogP contribution in [0.15, 0.2) is 25.3 Å². The van der Waals surface area contributed by atoms with Crippen LogP contribution < -0.4 is 11.1 Å². The number of hydrogen-bond acceptors (Lipinski definition) is 8. The van der Waals surface area contributed by atoms with Gasteiger partial charge in [0.1, 0.15) is 12.1 Å². The lowest BCUT2D eigenvalue weighted by Crippen LogP contribution is -2.51. The summed E-state index contributed by atoms with van der Waals surface area (Å²) in [5.41, 5.74) is 5.51. The Morgan fingerprint density at radius 1 is 1.13 bits per heavy atom. The molecule has 0 radical (unpaired) electrons. The van der Waals surface area contributed by atoms with E-state index in [1.807, 2.05) is 0 Å². The second-order valence-electron chi connectivity index (χ2n) is 4.54. The number of nitrogens with one attached hydrogen (secondary N) is 1. The maximum atomic E-state index is 11.8. The van der Waals surface area contributed by atoms with Crippen LogP contribution in [0, 0.1) is 0 Å². The summed E-state index contributed by atoms with van der Waals surface area (Å²) in [5, 5.41) is 11.6. The van der Waals surface area contributed by atoms with Crippen molar-refractivity contribution >= 4 is 23.8 Å². The number of rotatable bonds is 8. The number of carbonyl (C=O) groups is 4. The molecule has 0 rings (SSSR count). The normalized spacial score (nSPS) is 15.3. The molecule has 0 aliphatic carbocycles. The van der Waals surface area contributed by atoms with E-state index in [-0.39, 0.29) is 0 Å². The van der Waals surface area contributed by atoms with Gasteiger partial charge in [-0.05, 0) is 19.9 Å². The highest BCUT2D eigenvalue weighted by molar-refractivity contribution is 5.95. The minimum atomic E-state index is -1.48. The second-order valence-corrected chi connectivity index (χ2v) is 4.54. The average molecular weight is 328 g/mol. The van der Waals surface area contributed by atoms with Crippen molar-refractivity contribution in [3.63, 3.8) is 0 Å². The summed E-state index contributed by atoms with van der Waals surface area (Å²) in [7, 11) is 0. The fraction of sp³-hybridized carbons (Fsp3) is 0.429. The van der Waals surface area contributed by atoms with E-state index in [1.165, 1.54) is 13.8 Å². The maximum Gasteiger partial charge on any atom is 0.339 e. The van der Waals surface area contributed by atoms with Crippen molar-refractivity contribution in [1.82, 2.24) is 5.32 Å². The first-order chi connectivity index (χ1) is 10.6. The van der Waals surface area contributed by atoms with Crippen LogP contribution >= 0.6 is 0 Å². The molecule has 1 unspecified atom stereocenters. The van der Waals surface area contributed by atoms with Gasteiger partial charge in [0.2, 0.25) is 5.91 Å². The summed E-state index contributed by atoms with van der Waals surface area (Å²) in [6, 6.07) is -2.92. The second kappa shape index (κ2) is 9.49. The van der Waals surface area contributed by atoms with Crippen LogP contribution in [0.3, 0.4) is 0 Å². The number of amides is 1. The van der Waals surface area contributed by atoms with E-state index in [1.54, 1.807) is 0 Å². The topological polar surface area (TPSA) is 145 Å². The molecule has 0 aromatic heterocycles. The smallest absolute Gasteiger partial charge is 0.339 e. The highest BCUT2D eigenvalue weighted by Gasteiger charge is 2.32. The Morgan fingerprint density at radius 2 is 1.70 bits per heavy atom. The summed E-state index contributed by atoms with van der Waals surface area (Å²) < 4.78 is 9.22. The summed E-state index contributed by atoms with van der Waals surface area (Å²) in [4.78, 5) is 45.8. The van der Waals surface area contributed by atoms with E-state index in [4.69, 9.17) is 10.5 Å². The summed E-state index contributed by atoms with van der Waals surface area (Å²) in [6.45, 7) is 8.91. The summed E-state index contributed by atoms with van der Waals surface area (Å²) >= 11 is 0. The third kappa shape index (κ3) is 6.85. The van der Waals surface area contributed by atoms with Crippen LogP contribution in [0.5, 0.6) is 0 Å². The van der Waals surface area contributed by atoms with Crippen LogP contribution in [0.2, 0.25) is 0 Å². The summed E-state index contributed by atoms with van der Waals surface area (Å²) in [6.07, 6.45) is -0.638. The van der Waals surface area contributed by atoms with E-state index in [0.29, 0.717) is 0 Å². The molecule has 0 bridgehead atoms. The lowest BCUT2D eigenvalue weighted by atomic mass is 10.1. The van der Waals surface area contributed by atoms with Crippen molar-refractivity contribution in [2.45, 2.75) is 38.1 Å². The van der Waals surface area contributed by atoms with Gasteiger partial charge in [-0.1, -0.05) is 13.2 Å². The molecule has 0 spiro atoms. The number of carbonyl (C=O) groups excluding carboxylic acids is 4. The Morgan fingerprint density at radius 3 is 2.13 bits per heavy atom. The number of hydrogen-bond donors (Lipinski definition) is 3. The molecule has 0 saturated heterocycles. The Labute approximate surface area is 133 Å². The number of aliphatic hydroxyl groups excluding tert-OH is 1. The van der Waals surface area contributed by atoms with Crippen LogP contribution in [0.25, 0.3) is 0 Å². The first-order valence-electron chi connectivity index (χ1n) is 6.59. The predicted molar refractivity (Wildman–Crippen MR) is 78.6 cm³/mol. The van der Waals surface area contributed by atoms with E-state index in [0.717, 1.165) is 12.2 Å². The van der Waals surface area contributed by atoms with E-state index < -0.39 is 48.1 Å². The Hall–Kier alpha value is -2.52. The molecule has 0 fully saturated rings. The van der Waals surface area contributed by atoms with Gasteiger partial charge in [0, 0.05) is 6.08 Å². The minimum Gasteiger partial charge on any atom is -0.457 e. The molecule has 0 aromatic rings. The van der Waals surface area contributed by atoms with E-state index >= 15 is 0 Å². The molecule has 4 N–H and O–H groups in total. The van der Waals surface area contributed by atoms with Gasteiger partial charge in [-0.3, -0.25) is 4.79 Å². The number of ether oxygens (including phenoxy) is 2. The predicted octanol–water partition coefficient (Wildman–Crippen LogP) is -1.45. The van der Waals surface area contributed by atoms with E-state index in [9.17, 15) is 24.3 Å². The molecule has 0 saturated carbocycles. The third-order valence-electron chi connectivity index (χ3n) is 2.67. The van der Waals surface area contributed by atoms with Gasteiger partial charge in [-0.25, -0.2) is 14.4 Å². The van der Waals surface area contributed by atoms with Gasteiger partial charge in [0.25, 0.3) is 0 Å². The van der Waals surface area contributed by atoms with Crippen molar-refractivity contribution in [3.8, 4) is 0 Å². The molecule has 23 heavy (non-hydrogen) atoms. The van der Waals surface area contributed by atoms with Crippen LogP contribution in [-0.2, 0) is 28.7 Å². The van der Waals surface area contributed by atoms with Crippen LogP contribution in [0.1, 0.15) is 13.8 Å². The number of aliphatic hydroxyl groups is 1. The van der Waals surface area contributed by atoms with Gasteiger partial charge >= 0.3 is 17.9 Å². The van der Waals surface area contributed by atoms with E-state index in [2.05, 4.69) is 23.2 Å². The zero-order valence-electron chi connectivity index (χ0n) is 12.9. The maximum absolute atomic E-state index is 11.8. The fourth-order valence-corrected chi connectivity index (χ4v) is 1.32. The quantitative estimate of drug-likeness (QED) is 0.279. The minimum absolute atomic E-state index is 0.738. The van der Waals surface area contributed by atoms with Crippen molar-refractivity contribution in [2.24, 2.45) is 5.73 Å². The molecule has 0 heterocycles. The molecule has 0 aromatic carbocycles. The molecule has 1 amide bonds. The first kappa shape index (κ1) is 20.5. The molecule has 0 aliphatic rings. The van der Waals surface area contributed by atoms with Gasteiger partial charge in [0.15, 0.2) is 6.04 Å². The highest BCUT2D eigenvalue weighted by Crippen LogP contribution is 2.03. The zero-order valence-corrected chi connectivity index (χ0v) is 12.9. The molecule has 0 aliphatic heterocycles. The Balaban J connectivity index is 4.80. The van der Waals surface area contributed by atoms with Crippen molar-refractivity contribution < 1.29 is 33.8 Å². The molecule has 128 valence electrons. The van der Waals surface area contributed by atoms with Gasteiger partial charge in [-0.15, -0.1) is 0 Å². The van der Waals surface area contributed by atoms with Gasteiger partial charge < -0.3 is 25.6 Å². The SMILES string of the molecule is C=CC(=O)N[C@H](C(=O)OC(=O)[C@@H](N)C(C)OC(=O)C=C)[C@@H](C)O. The molecule has 4 atom stereocenters. The number of esters is 3. The largest absolute Gasteiger partial charge is 0.457 e. The fourth-order valence-electron chi connectivity index (χ4n) is 1.32. The molecule has 9 nitrogen and oxygen atoms in total. The van der Waals surface area contributed by atoms with Crippen LogP contribution in [-0.4, -0.2) is 53.2 Å². The lowest BCUT2D eigenvalue weighted by molar-refractivity contribution is -0.166. The molecular formula is C14H20N2O7. The lowest BCUT2D eigenvalue weighted by Gasteiger charge is -2.21. The third-order valence-corrected chi connectivity index (χ3v) is 2.67. The molecular weight excluding hydrogens is 308 g/mol. The Kier molecular flexibility index (Phi) is 8.45. The highest BCUT2D eigenvalue weighted by atomic mass is 16.6. The van der Waals surface area contributed by atoms with Crippen LogP contribution in [0.4, 0.5) is 0 Å². The summed E-state index contributed by atoms with van der Waals surface area (Å²) in [5.74, 6) is -3.93. The Bertz CT molecular complexity index is 501. The van der Waals surface area contributed by atoms with Gasteiger partial charge in [0.05, 0.1) is 6.10 Å². The van der Waals surface area contributed by atoms with Crippen molar-refractivity contribution in [3.05, 3.63) is 25.3 Å². The zero-order chi connectivity index (χ0) is 18.2. The van der Waals surface area contributed by atoms with Gasteiger partial charge in [-0.2, -0.15) is 0 Å². The average Bonchev–Trinajstić information content (AvgIpc) is 2.50. The first-order valence-corrected chi connectivity index (χ1v) is 6.59. The number of nitrogens with two attached hydrogens (primary N) is 1. The van der Waals surface area contributed by atoms with Crippen molar-refractivity contribution in [2.75, 3.05) is 0 Å². The monoisotopic (exact) mass is 328 g/mol. The standard InChI is InChI=1S/C14H20N2O7/c1-5-9(18)16-12(7(3)17)14(21)23-13(20)11(15)8(4)22-10(19)6-2/h5-8,11-12,17H,1-2,15H2,3-4H3,(H,16,18)/t7-,8?,11+,12+/m1/s1. The molecule has 9 heteroatoms. The van der Waals surface area contributed by atoms with Crippen molar-refractivity contribution in [1.29, 1.82) is 0 Å².